The summed E-state index contributed by atoms with van der Waals surface area (Å²) in [5.74, 6) is -2.63. The van der Waals surface area contributed by atoms with Crippen LogP contribution in [0, 0.1) is 11.6 Å². The molecule has 3 rings (SSSR count). The number of benzene rings is 3. The van der Waals surface area contributed by atoms with E-state index in [0.29, 0.717) is 6.54 Å². The topological polar surface area (TPSA) is 49.4 Å². The van der Waals surface area contributed by atoms with Gasteiger partial charge < -0.3 is 10.2 Å². The number of hydrogen-bond acceptors (Lipinski definition) is 2. The molecule has 0 aromatic heterocycles. The van der Waals surface area contributed by atoms with Crippen molar-refractivity contribution >= 4 is 17.5 Å². The van der Waals surface area contributed by atoms with E-state index in [1.165, 1.54) is 11.0 Å². The summed E-state index contributed by atoms with van der Waals surface area (Å²) in [6.45, 7) is 1.76. The largest absolute Gasteiger partial charge is 0.333 e. The summed E-state index contributed by atoms with van der Waals surface area (Å²) in [6, 6.07) is 20.9. The fourth-order valence-corrected chi connectivity index (χ4v) is 3.08. The van der Waals surface area contributed by atoms with E-state index < -0.39 is 23.2 Å². The smallest absolute Gasteiger partial charge is 0.244 e. The van der Waals surface area contributed by atoms with Crippen LogP contribution in [0.4, 0.5) is 14.5 Å². The number of nitrogens with one attached hydrogen (secondary N) is 1. The molecule has 154 valence electrons. The number of hydrogen-bond donors (Lipinski definition) is 1. The summed E-state index contributed by atoms with van der Waals surface area (Å²) in [5.41, 5.74) is 2.44. The van der Waals surface area contributed by atoms with Crippen molar-refractivity contribution in [1.82, 2.24) is 4.90 Å². The molecular formula is C24H22F2N2O2. The van der Waals surface area contributed by atoms with Crippen molar-refractivity contribution in [3.63, 3.8) is 0 Å². The number of carbonyl (C=O) groups excluding carboxylic acids is 2. The zero-order chi connectivity index (χ0) is 21.5. The Morgan fingerprint density at radius 2 is 1.43 bits per heavy atom. The molecule has 0 aliphatic heterocycles. The predicted molar refractivity (Wildman–Crippen MR) is 113 cm³/mol. The fraction of sp³-hybridized carbons (Fsp3) is 0.167. The summed E-state index contributed by atoms with van der Waals surface area (Å²) < 4.78 is 27.4. The number of halogens is 2. The molecule has 1 N–H and O–H groups in total. The Hall–Kier alpha value is -3.54. The van der Waals surface area contributed by atoms with E-state index >= 15 is 0 Å². The van der Waals surface area contributed by atoms with E-state index in [9.17, 15) is 18.4 Å². The SMILES string of the molecule is CCN(CC(=O)Nc1c(F)cccc1F)C(=O)Cc1ccc(-c2ccccc2)cc1. The van der Waals surface area contributed by atoms with Gasteiger partial charge in [0.15, 0.2) is 0 Å². The van der Waals surface area contributed by atoms with Crippen LogP contribution in [0.5, 0.6) is 0 Å². The molecule has 30 heavy (non-hydrogen) atoms. The Morgan fingerprint density at radius 3 is 2.03 bits per heavy atom. The number of nitrogens with zero attached hydrogens (tertiary/aromatic N) is 1. The summed E-state index contributed by atoms with van der Waals surface area (Å²) in [6.07, 6.45) is 0.129. The molecule has 0 spiro atoms. The maximum absolute atomic E-state index is 13.7. The number of para-hydroxylation sites is 1. The van der Waals surface area contributed by atoms with Crippen molar-refractivity contribution < 1.29 is 18.4 Å². The lowest BCUT2D eigenvalue weighted by Gasteiger charge is -2.20. The second-order valence-electron chi connectivity index (χ2n) is 6.79. The van der Waals surface area contributed by atoms with Gasteiger partial charge in [-0.15, -0.1) is 0 Å². The van der Waals surface area contributed by atoms with E-state index in [-0.39, 0.29) is 18.9 Å². The van der Waals surface area contributed by atoms with Crippen molar-refractivity contribution in [3.05, 3.63) is 90.0 Å². The van der Waals surface area contributed by atoms with Crippen LogP contribution in [0.15, 0.2) is 72.8 Å². The normalized spacial score (nSPS) is 10.5. The van der Waals surface area contributed by atoms with Crippen molar-refractivity contribution in [3.8, 4) is 11.1 Å². The highest BCUT2D eigenvalue weighted by atomic mass is 19.1. The van der Waals surface area contributed by atoms with E-state index in [4.69, 9.17) is 0 Å². The van der Waals surface area contributed by atoms with Gasteiger partial charge in [0.05, 0.1) is 13.0 Å². The summed E-state index contributed by atoms with van der Waals surface area (Å²) >= 11 is 0. The molecule has 0 saturated heterocycles. The van der Waals surface area contributed by atoms with Gasteiger partial charge in [0, 0.05) is 6.54 Å². The number of likely N-dealkylation sites (N-methyl/N-ethyl adjacent to an activating group) is 1. The van der Waals surface area contributed by atoms with Crippen LogP contribution in [-0.4, -0.2) is 29.8 Å². The molecule has 3 aromatic carbocycles. The maximum Gasteiger partial charge on any atom is 0.244 e. The number of rotatable bonds is 7. The zero-order valence-corrected chi connectivity index (χ0v) is 16.6. The van der Waals surface area contributed by atoms with E-state index in [2.05, 4.69) is 5.32 Å². The van der Waals surface area contributed by atoms with Crippen LogP contribution < -0.4 is 5.32 Å². The molecule has 4 nitrogen and oxygen atoms in total. The predicted octanol–water partition coefficient (Wildman–Crippen LogP) is 4.66. The molecule has 0 radical (unpaired) electrons. The Balaban J connectivity index is 1.61. The average molecular weight is 408 g/mol. The highest BCUT2D eigenvalue weighted by Gasteiger charge is 2.18. The van der Waals surface area contributed by atoms with Crippen molar-refractivity contribution in [2.75, 3.05) is 18.4 Å². The first-order valence-electron chi connectivity index (χ1n) is 9.64. The van der Waals surface area contributed by atoms with Crippen molar-refractivity contribution in [2.45, 2.75) is 13.3 Å². The Morgan fingerprint density at radius 1 is 0.833 bits per heavy atom. The maximum atomic E-state index is 13.7. The van der Waals surface area contributed by atoms with Gasteiger partial charge in [-0.1, -0.05) is 60.7 Å². The summed E-state index contributed by atoms with van der Waals surface area (Å²) in [5, 5.41) is 2.20. The van der Waals surface area contributed by atoms with E-state index in [1.807, 2.05) is 54.6 Å². The molecule has 0 bridgehead atoms. The minimum absolute atomic E-state index is 0.129. The standard InChI is InChI=1S/C24H22F2N2O2/c1-2-28(16-22(29)27-24-20(25)9-6-10-21(24)26)23(30)15-17-11-13-19(14-12-17)18-7-4-3-5-8-18/h3-14H,2,15-16H2,1H3,(H,27,29). The van der Waals surface area contributed by atoms with Crippen LogP contribution in [0.25, 0.3) is 11.1 Å². The van der Waals surface area contributed by atoms with Crippen LogP contribution in [-0.2, 0) is 16.0 Å². The third-order valence-electron chi connectivity index (χ3n) is 4.71. The monoisotopic (exact) mass is 408 g/mol. The first kappa shape index (κ1) is 21.2. The number of amides is 2. The van der Waals surface area contributed by atoms with Gasteiger partial charge >= 0.3 is 0 Å². The van der Waals surface area contributed by atoms with Gasteiger partial charge in [-0.25, -0.2) is 8.78 Å². The van der Waals surface area contributed by atoms with Gasteiger partial charge in [-0.05, 0) is 35.7 Å². The minimum atomic E-state index is -0.865. The second-order valence-corrected chi connectivity index (χ2v) is 6.79. The van der Waals surface area contributed by atoms with Gasteiger partial charge in [-0.3, -0.25) is 9.59 Å². The van der Waals surface area contributed by atoms with Gasteiger partial charge in [-0.2, -0.15) is 0 Å². The van der Waals surface area contributed by atoms with E-state index in [1.54, 1.807) is 6.92 Å². The number of anilines is 1. The van der Waals surface area contributed by atoms with Crippen molar-refractivity contribution in [1.29, 1.82) is 0 Å². The molecule has 6 heteroatoms. The van der Waals surface area contributed by atoms with Gasteiger partial charge in [0.25, 0.3) is 0 Å². The van der Waals surface area contributed by atoms with Crippen LogP contribution >= 0.6 is 0 Å². The molecule has 0 fully saturated rings. The van der Waals surface area contributed by atoms with Gasteiger partial charge in [0.1, 0.15) is 17.3 Å². The fourth-order valence-electron chi connectivity index (χ4n) is 3.08. The Labute approximate surface area is 174 Å². The summed E-state index contributed by atoms with van der Waals surface area (Å²) in [4.78, 5) is 26.2. The van der Waals surface area contributed by atoms with E-state index in [0.717, 1.165) is 28.8 Å². The van der Waals surface area contributed by atoms with Crippen LogP contribution in [0.3, 0.4) is 0 Å². The molecule has 2 amide bonds. The average Bonchev–Trinajstić information content (AvgIpc) is 2.76. The molecule has 0 atom stereocenters. The first-order chi connectivity index (χ1) is 14.5. The molecule has 0 saturated carbocycles. The molecule has 0 aliphatic carbocycles. The molecular weight excluding hydrogens is 386 g/mol. The quantitative estimate of drug-likeness (QED) is 0.618. The van der Waals surface area contributed by atoms with Crippen molar-refractivity contribution in [2.24, 2.45) is 0 Å². The Bertz CT molecular complexity index is 1000. The third-order valence-corrected chi connectivity index (χ3v) is 4.71. The Kier molecular flexibility index (Phi) is 6.91. The van der Waals surface area contributed by atoms with Gasteiger partial charge in [0.2, 0.25) is 11.8 Å². The lowest BCUT2D eigenvalue weighted by molar-refractivity contribution is -0.133. The van der Waals surface area contributed by atoms with Crippen LogP contribution in [0.2, 0.25) is 0 Å². The molecule has 0 heterocycles. The summed E-state index contributed by atoms with van der Waals surface area (Å²) in [7, 11) is 0. The molecule has 0 aliphatic rings. The third kappa shape index (κ3) is 5.29. The minimum Gasteiger partial charge on any atom is -0.333 e. The first-order valence-corrected chi connectivity index (χ1v) is 9.64. The lowest BCUT2D eigenvalue weighted by Crippen LogP contribution is -2.38. The van der Waals surface area contributed by atoms with Crippen LogP contribution in [0.1, 0.15) is 12.5 Å². The number of carbonyl (C=O) groups is 2. The zero-order valence-electron chi connectivity index (χ0n) is 16.6. The second kappa shape index (κ2) is 9.78. The molecule has 3 aromatic rings. The highest BCUT2D eigenvalue weighted by molar-refractivity contribution is 5.95. The highest BCUT2D eigenvalue weighted by Crippen LogP contribution is 2.20. The molecule has 0 unspecified atom stereocenters. The lowest BCUT2D eigenvalue weighted by atomic mass is 10.0.